The second-order valence-corrected chi connectivity index (χ2v) is 4.41. The average Bonchev–Trinajstić information content (AvgIpc) is 2.82. The first-order valence-corrected chi connectivity index (χ1v) is 5.81. The molecule has 0 fully saturated rings. The maximum Gasteiger partial charge on any atom is 0.216 e. The molecule has 0 spiro atoms. The maximum atomic E-state index is 6.07. The van der Waals surface area contributed by atoms with Crippen LogP contribution in [0.1, 0.15) is 16.6 Å². The number of hydrogen-bond acceptors (Lipinski definition) is 5. The lowest BCUT2D eigenvalue weighted by Gasteiger charge is -2.10. The summed E-state index contributed by atoms with van der Waals surface area (Å²) in [6.45, 7) is 0. The van der Waals surface area contributed by atoms with Crippen molar-refractivity contribution in [3.63, 3.8) is 0 Å². The molecule has 0 aliphatic heterocycles. The van der Waals surface area contributed by atoms with E-state index in [9.17, 15) is 0 Å². The highest BCUT2D eigenvalue weighted by atomic mass is 32.1. The van der Waals surface area contributed by atoms with Gasteiger partial charge in [0.1, 0.15) is 6.33 Å². The Morgan fingerprint density at radius 2 is 2.38 bits per heavy atom. The number of methoxy groups -OCH3 is 1. The van der Waals surface area contributed by atoms with Gasteiger partial charge in [-0.3, -0.25) is 0 Å². The predicted molar refractivity (Wildman–Crippen MR) is 63.5 cm³/mol. The predicted octanol–water partition coefficient (Wildman–Crippen LogP) is 1.79. The molecule has 0 aliphatic carbocycles. The Labute approximate surface area is 98.1 Å². The smallest absolute Gasteiger partial charge is 0.216 e. The summed E-state index contributed by atoms with van der Waals surface area (Å²) in [7, 11) is 1.58. The summed E-state index contributed by atoms with van der Waals surface area (Å²) in [6, 6.07) is 5.75. The van der Waals surface area contributed by atoms with E-state index < -0.39 is 0 Å². The monoisotopic (exact) mass is 235 g/mol. The first-order valence-electron chi connectivity index (χ1n) is 4.93. The molecule has 0 saturated heterocycles. The van der Waals surface area contributed by atoms with Gasteiger partial charge in [-0.15, -0.1) is 11.3 Å². The van der Waals surface area contributed by atoms with Crippen molar-refractivity contribution in [3.05, 3.63) is 40.5 Å². The molecule has 0 radical (unpaired) electrons. The van der Waals surface area contributed by atoms with E-state index in [0.29, 0.717) is 5.88 Å². The molecule has 2 N–H and O–H groups in total. The fraction of sp³-hybridized carbons (Fsp3) is 0.273. The van der Waals surface area contributed by atoms with Crippen molar-refractivity contribution >= 4 is 11.3 Å². The van der Waals surface area contributed by atoms with Crippen LogP contribution in [0.15, 0.2) is 29.9 Å². The number of rotatable bonds is 4. The minimum Gasteiger partial charge on any atom is -0.481 e. The first-order chi connectivity index (χ1) is 7.79. The molecule has 1 unspecified atom stereocenters. The minimum atomic E-state index is -0.115. The third-order valence-corrected chi connectivity index (χ3v) is 3.15. The van der Waals surface area contributed by atoms with Crippen LogP contribution in [0.4, 0.5) is 0 Å². The van der Waals surface area contributed by atoms with Gasteiger partial charge in [-0.05, 0) is 11.4 Å². The van der Waals surface area contributed by atoms with Crippen LogP contribution in [0.25, 0.3) is 0 Å². The topological polar surface area (TPSA) is 61.0 Å². The zero-order chi connectivity index (χ0) is 11.4. The zero-order valence-electron chi connectivity index (χ0n) is 8.96. The molecule has 2 heterocycles. The fourth-order valence-electron chi connectivity index (χ4n) is 1.42. The van der Waals surface area contributed by atoms with Crippen LogP contribution in [0, 0.1) is 0 Å². The summed E-state index contributed by atoms with van der Waals surface area (Å²) in [4.78, 5) is 9.36. The summed E-state index contributed by atoms with van der Waals surface area (Å²) < 4.78 is 5.04. The molecule has 1 atom stereocenters. The first kappa shape index (κ1) is 11.0. The highest BCUT2D eigenvalue weighted by Gasteiger charge is 2.10. The van der Waals surface area contributed by atoms with E-state index in [2.05, 4.69) is 16.0 Å². The van der Waals surface area contributed by atoms with Gasteiger partial charge in [0, 0.05) is 17.4 Å². The van der Waals surface area contributed by atoms with Crippen LogP contribution in [-0.2, 0) is 6.42 Å². The minimum absolute atomic E-state index is 0.115. The molecule has 0 bridgehead atoms. The molecule has 2 aromatic rings. The molecule has 2 rings (SSSR count). The van der Waals surface area contributed by atoms with Gasteiger partial charge in [0.15, 0.2) is 0 Å². The van der Waals surface area contributed by atoms with E-state index in [0.717, 1.165) is 12.1 Å². The number of nitrogens with zero attached hydrogens (tertiary/aromatic N) is 2. The van der Waals surface area contributed by atoms with Crippen LogP contribution in [0.2, 0.25) is 0 Å². The van der Waals surface area contributed by atoms with Crippen LogP contribution < -0.4 is 10.5 Å². The quantitative estimate of drug-likeness (QED) is 0.877. The van der Waals surface area contributed by atoms with E-state index in [4.69, 9.17) is 10.5 Å². The van der Waals surface area contributed by atoms with Gasteiger partial charge in [-0.1, -0.05) is 6.07 Å². The standard InChI is InChI=1S/C11H13N3OS/c1-15-11-6-10(13-7-14-11)9(12)5-8-3-2-4-16-8/h2-4,6-7,9H,5,12H2,1H3. The van der Waals surface area contributed by atoms with E-state index in [1.807, 2.05) is 11.4 Å². The van der Waals surface area contributed by atoms with Gasteiger partial charge >= 0.3 is 0 Å². The van der Waals surface area contributed by atoms with Crippen LogP contribution in [0.5, 0.6) is 5.88 Å². The molecule has 0 amide bonds. The van der Waals surface area contributed by atoms with Crippen LogP contribution in [-0.4, -0.2) is 17.1 Å². The van der Waals surface area contributed by atoms with Crippen molar-refractivity contribution in [2.45, 2.75) is 12.5 Å². The normalized spacial score (nSPS) is 12.4. The molecule has 5 heteroatoms. The summed E-state index contributed by atoms with van der Waals surface area (Å²) in [5.74, 6) is 0.548. The van der Waals surface area contributed by atoms with Crippen molar-refractivity contribution in [1.82, 2.24) is 9.97 Å². The van der Waals surface area contributed by atoms with E-state index >= 15 is 0 Å². The van der Waals surface area contributed by atoms with Gasteiger partial charge < -0.3 is 10.5 Å². The molecule has 16 heavy (non-hydrogen) atoms. The highest BCUT2D eigenvalue weighted by molar-refractivity contribution is 7.09. The second kappa shape index (κ2) is 5.05. The number of aromatic nitrogens is 2. The third-order valence-electron chi connectivity index (χ3n) is 2.25. The van der Waals surface area contributed by atoms with E-state index in [1.54, 1.807) is 24.5 Å². The maximum absolute atomic E-state index is 6.07. The van der Waals surface area contributed by atoms with Crippen LogP contribution >= 0.6 is 11.3 Å². The van der Waals surface area contributed by atoms with Crippen molar-refractivity contribution in [2.24, 2.45) is 5.73 Å². The zero-order valence-corrected chi connectivity index (χ0v) is 9.78. The van der Waals surface area contributed by atoms with Gasteiger partial charge in [0.25, 0.3) is 0 Å². The van der Waals surface area contributed by atoms with Crippen molar-refractivity contribution in [2.75, 3.05) is 7.11 Å². The Bertz CT molecular complexity index is 444. The summed E-state index contributed by atoms with van der Waals surface area (Å²) >= 11 is 1.70. The lowest BCUT2D eigenvalue weighted by Crippen LogP contribution is -2.14. The van der Waals surface area contributed by atoms with Crippen molar-refractivity contribution in [3.8, 4) is 5.88 Å². The molecule has 0 aromatic carbocycles. The number of thiophene rings is 1. The molecular formula is C11H13N3OS. The largest absolute Gasteiger partial charge is 0.481 e. The van der Waals surface area contributed by atoms with Gasteiger partial charge in [0.2, 0.25) is 5.88 Å². The summed E-state index contributed by atoms with van der Waals surface area (Å²) in [6.07, 6.45) is 2.26. The third kappa shape index (κ3) is 2.56. The van der Waals surface area contributed by atoms with Crippen molar-refractivity contribution in [1.29, 1.82) is 0 Å². The van der Waals surface area contributed by atoms with Crippen LogP contribution in [0.3, 0.4) is 0 Å². The Morgan fingerprint density at radius 1 is 1.50 bits per heavy atom. The van der Waals surface area contributed by atoms with Gasteiger partial charge in [0.05, 0.1) is 18.8 Å². The number of nitrogens with two attached hydrogens (primary N) is 1. The number of hydrogen-bond donors (Lipinski definition) is 1. The van der Waals surface area contributed by atoms with E-state index in [1.165, 1.54) is 11.2 Å². The molecular weight excluding hydrogens is 222 g/mol. The Balaban J connectivity index is 2.11. The Morgan fingerprint density at radius 3 is 3.06 bits per heavy atom. The number of ether oxygens (including phenoxy) is 1. The molecule has 84 valence electrons. The van der Waals surface area contributed by atoms with Crippen molar-refractivity contribution < 1.29 is 4.74 Å². The average molecular weight is 235 g/mol. The highest BCUT2D eigenvalue weighted by Crippen LogP contribution is 2.19. The second-order valence-electron chi connectivity index (χ2n) is 3.38. The summed E-state index contributed by atoms with van der Waals surface area (Å²) in [5.41, 5.74) is 6.88. The lowest BCUT2D eigenvalue weighted by molar-refractivity contribution is 0.395. The van der Waals surface area contributed by atoms with E-state index in [-0.39, 0.29) is 6.04 Å². The Hall–Kier alpha value is -1.46. The van der Waals surface area contributed by atoms with Gasteiger partial charge in [-0.25, -0.2) is 9.97 Å². The molecule has 2 aromatic heterocycles. The summed E-state index contributed by atoms with van der Waals surface area (Å²) in [5, 5.41) is 2.04. The Kier molecular flexibility index (Phi) is 3.48. The van der Waals surface area contributed by atoms with Gasteiger partial charge in [-0.2, -0.15) is 0 Å². The SMILES string of the molecule is COc1cc(C(N)Cc2cccs2)ncn1. The molecule has 4 nitrogen and oxygen atoms in total. The lowest BCUT2D eigenvalue weighted by atomic mass is 10.1. The fourth-order valence-corrected chi connectivity index (χ4v) is 2.18. The molecule has 0 saturated carbocycles. The molecule has 0 aliphatic rings.